The lowest BCUT2D eigenvalue weighted by atomic mass is 9.97. The van der Waals surface area contributed by atoms with Gasteiger partial charge in [0.25, 0.3) is 0 Å². The topological polar surface area (TPSA) is 40.6 Å². The Morgan fingerprint density at radius 1 is 1.45 bits per heavy atom. The van der Waals surface area contributed by atoms with Crippen molar-refractivity contribution in [3.63, 3.8) is 0 Å². The molecule has 0 saturated carbocycles. The SMILES string of the molecule is CN1CCC(CN(C)S(=O)(=O)c2ccsc2CCl)CC1. The molecule has 2 heterocycles. The summed E-state index contributed by atoms with van der Waals surface area (Å²) < 4.78 is 26.6. The lowest BCUT2D eigenvalue weighted by Crippen LogP contribution is -2.38. The average Bonchev–Trinajstić information content (AvgIpc) is 2.90. The van der Waals surface area contributed by atoms with Gasteiger partial charge in [-0.15, -0.1) is 22.9 Å². The first-order chi connectivity index (χ1) is 9.45. The summed E-state index contributed by atoms with van der Waals surface area (Å²) in [6, 6.07) is 1.66. The molecule has 0 atom stereocenters. The van der Waals surface area contributed by atoms with Gasteiger partial charge in [0.2, 0.25) is 10.0 Å². The number of halogens is 1. The van der Waals surface area contributed by atoms with Gasteiger partial charge in [0, 0.05) is 18.5 Å². The van der Waals surface area contributed by atoms with Crippen molar-refractivity contribution in [2.75, 3.05) is 33.7 Å². The van der Waals surface area contributed by atoms with Crippen LogP contribution in [0.25, 0.3) is 0 Å². The fraction of sp³-hybridized carbons (Fsp3) is 0.692. The minimum absolute atomic E-state index is 0.244. The molecule has 0 amide bonds. The van der Waals surface area contributed by atoms with Crippen LogP contribution in [-0.2, 0) is 15.9 Å². The average molecular weight is 337 g/mol. The summed E-state index contributed by atoms with van der Waals surface area (Å²) in [6.07, 6.45) is 2.12. The van der Waals surface area contributed by atoms with Crippen LogP contribution in [0, 0.1) is 5.92 Å². The van der Waals surface area contributed by atoms with E-state index in [0.717, 1.165) is 30.8 Å². The summed E-state index contributed by atoms with van der Waals surface area (Å²) >= 11 is 7.21. The van der Waals surface area contributed by atoms with Crippen molar-refractivity contribution in [2.45, 2.75) is 23.6 Å². The zero-order valence-electron chi connectivity index (χ0n) is 11.9. The second kappa shape index (κ2) is 6.75. The minimum Gasteiger partial charge on any atom is -0.306 e. The summed E-state index contributed by atoms with van der Waals surface area (Å²) in [6.45, 7) is 2.68. The number of nitrogens with zero attached hydrogens (tertiary/aromatic N) is 2. The molecule has 0 bridgehead atoms. The van der Waals surface area contributed by atoms with E-state index in [1.807, 2.05) is 0 Å². The van der Waals surface area contributed by atoms with Gasteiger partial charge in [0.15, 0.2) is 0 Å². The van der Waals surface area contributed by atoms with Gasteiger partial charge in [-0.05, 0) is 50.3 Å². The van der Waals surface area contributed by atoms with Crippen molar-refractivity contribution in [1.29, 1.82) is 0 Å². The third kappa shape index (κ3) is 3.54. The molecule has 7 heteroatoms. The van der Waals surface area contributed by atoms with Gasteiger partial charge in [-0.3, -0.25) is 0 Å². The van der Waals surface area contributed by atoms with E-state index in [9.17, 15) is 8.42 Å². The van der Waals surface area contributed by atoms with Gasteiger partial charge in [0.05, 0.1) is 10.8 Å². The molecule has 1 aromatic rings. The first kappa shape index (κ1) is 16.2. The molecule has 1 aliphatic rings. The van der Waals surface area contributed by atoms with Crippen LogP contribution in [0.3, 0.4) is 0 Å². The van der Waals surface area contributed by atoms with Gasteiger partial charge >= 0.3 is 0 Å². The van der Waals surface area contributed by atoms with E-state index in [1.54, 1.807) is 18.5 Å². The molecule has 0 unspecified atom stereocenters. The first-order valence-electron chi connectivity index (χ1n) is 6.72. The van der Waals surface area contributed by atoms with Gasteiger partial charge in [-0.2, -0.15) is 0 Å². The maximum absolute atomic E-state index is 12.6. The summed E-state index contributed by atoms with van der Waals surface area (Å²) in [7, 11) is 0.370. The van der Waals surface area contributed by atoms with Gasteiger partial charge in [-0.25, -0.2) is 12.7 Å². The summed E-state index contributed by atoms with van der Waals surface area (Å²) in [5, 5.41) is 1.79. The van der Waals surface area contributed by atoms with Crippen molar-refractivity contribution in [2.24, 2.45) is 5.92 Å². The smallest absolute Gasteiger partial charge is 0.243 e. The fourth-order valence-corrected chi connectivity index (χ4v) is 5.45. The van der Waals surface area contributed by atoms with E-state index in [0.29, 0.717) is 17.4 Å². The van der Waals surface area contributed by atoms with E-state index < -0.39 is 10.0 Å². The van der Waals surface area contributed by atoms with E-state index in [2.05, 4.69) is 11.9 Å². The normalized spacial score (nSPS) is 18.8. The number of rotatable bonds is 5. The van der Waals surface area contributed by atoms with Crippen molar-refractivity contribution in [3.05, 3.63) is 16.3 Å². The number of likely N-dealkylation sites (tertiary alicyclic amines) is 1. The van der Waals surface area contributed by atoms with E-state index in [-0.39, 0.29) is 5.88 Å². The molecular formula is C13H21ClN2O2S2. The minimum atomic E-state index is -3.41. The molecule has 0 radical (unpaired) electrons. The number of thiophene rings is 1. The van der Waals surface area contributed by atoms with Crippen molar-refractivity contribution in [3.8, 4) is 0 Å². The van der Waals surface area contributed by atoms with Gasteiger partial charge in [0.1, 0.15) is 0 Å². The third-order valence-corrected chi connectivity index (χ3v) is 7.25. The standard InChI is InChI=1S/C13H21ClN2O2S2/c1-15-6-3-11(4-7-15)10-16(2)20(17,18)13-5-8-19-12(13)9-14/h5,8,11H,3-4,6-7,9-10H2,1-2H3. The third-order valence-electron chi connectivity index (χ3n) is 3.87. The van der Waals surface area contributed by atoms with Crippen LogP contribution in [0.2, 0.25) is 0 Å². The monoisotopic (exact) mass is 336 g/mol. The Balaban J connectivity index is 2.06. The summed E-state index contributed by atoms with van der Waals surface area (Å²) in [5.41, 5.74) is 0. The Morgan fingerprint density at radius 3 is 2.70 bits per heavy atom. The number of hydrogen-bond donors (Lipinski definition) is 0. The molecule has 1 fully saturated rings. The van der Waals surface area contributed by atoms with E-state index >= 15 is 0 Å². The molecule has 0 aromatic carbocycles. The number of hydrogen-bond acceptors (Lipinski definition) is 4. The van der Waals surface area contributed by atoms with Crippen LogP contribution >= 0.6 is 22.9 Å². The molecule has 0 spiro atoms. The Morgan fingerprint density at radius 2 is 2.10 bits per heavy atom. The molecule has 20 heavy (non-hydrogen) atoms. The summed E-state index contributed by atoms with van der Waals surface area (Å²) in [4.78, 5) is 3.38. The molecule has 1 aromatic heterocycles. The van der Waals surface area contributed by atoms with Crippen molar-refractivity contribution in [1.82, 2.24) is 9.21 Å². The Bertz CT molecular complexity index is 536. The van der Waals surface area contributed by atoms with Crippen LogP contribution < -0.4 is 0 Å². The second-order valence-electron chi connectivity index (χ2n) is 5.37. The molecule has 4 nitrogen and oxygen atoms in total. The molecule has 1 aliphatic heterocycles. The number of piperidine rings is 1. The largest absolute Gasteiger partial charge is 0.306 e. The van der Waals surface area contributed by atoms with Gasteiger partial charge in [-0.1, -0.05) is 0 Å². The van der Waals surface area contributed by atoms with E-state index in [1.165, 1.54) is 15.6 Å². The molecule has 0 N–H and O–H groups in total. The molecule has 114 valence electrons. The van der Waals surface area contributed by atoms with Crippen LogP contribution in [0.5, 0.6) is 0 Å². The quantitative estimate of drug-likeness (QED) is 0.775. The lowest BCUT2D eigenvalue weighted by molar-refractivity contribution is 0.202. The highest BCUT2D eigenvalue weighted by Gasteiger charge is 2.27. The molecule has 1 saturated heterocycles. The van der Waals surface area contributed by atoms with Crippen LogP contribution in [0.1, 0.15) is 17.7 Å². The Labute approximate surface area is 130 Å². The fourth-order valence-electron chi connectivity index (χ4n) is 2.53. The zero-order valence-corrected chi connectivity index (χ0v) is 14.3. The predicted molar refractivity (Wildman–Crippen MR) is 83.9 cm³/mol. The van der Waals surface area contributed by atoms with E-state index in [4.69, 9.17) is 11.6 Å². The second-order valence-corrected chi connectivity index (χ2v) is 8.66. The zero-order chi connectivity index (χ0) is 14.8. The highest BCUT2D eigenvalue weighted by molar-refractivity contribution is 7.89. The Kier molecular flexibility index (Phi) is 5.48. The summed E-state index contributed by atoms with van der Waals surface area (Å²) in [5.74, 6) is 0.693. The highest BCUT2D eigenvalue weighted by atomic mass is 35.5. The molecule has 0 aliphatic carbocycles. The lowest BCUT2D eigenvalue weighted by Gasteiger charge is -2.31. The number of sulfonamides is 1. The number of alkyl halides is 1. The molecular weight excluding hydrogens is 316 g/mol. The van der Waals surface area contributed by atoms with Crippen LogP contribution in [0.15, 0.2) is 16.3 Å². The maximum atomic E-state index is 12.6. The van der Waals surface area contributed by atoms with Crippen LogP contribution in [0.4, 0.5) is 0 Å². The maximum Gasteiger partial charge on any atom is 0.243 e. The van der Waals surface area contributed by atoms with Crippen LogP contribution in [-0.4, -0.2) is 51.4 Å². The Hall–Kier alpha value is -0.140. The van der Waals surface area contributed by atoms with Crippen molar-refractivity contribution >= 4 is 33.0 Å². The van der Waals surface area contributed by atoms with Crippen molar-refractivity contribution < 1.29 is 8.42 Å². The highest BCUT2D eigenvalue weighted by Crippen LogP contribution is 2.27. The molecule has 2 rings (SSSR count). The van der Waals surface area contributed by atoms with Gasteiger partial charge < -0.3 is 4.90 Å². The predicted octanol–water partition coefficient (Wildman–Crippen LogP) is 2.45. The first-order valence-corrected chi connectivity index (χ1v) is 9.57.